The third-order valence-corrected chi connectivity index (χ3v) is 3.92. The Bertz CT molecular complexity index is 221. The number of aliphatic carboxylic acids is 1. The molecule has 0 saturated carbocycles. The van der Waals surface area contributed by atoms with Crippen molar-refractivity contribution in [3.05, 3.63) is 0 Å². The van der Waals surface area contributed by atoms with E-state index in [2.05, 4.69) is 18.7 Å². The SMILES string of the molecule is CC(=O)O.CCCCCCC(CCC)N1CCCCC1. The summed E-state index contributed by atoms with van der Waals surface area (Å²) in [5, 5.41) is 7.42. The van der Waals surface area contributed by atoms with Crippen molar-refractivity contribution < 1.29 is 9.90 Å². The Balaban J connectivity index is 0.000000796. The van der Waals surface area contributed by atoms with Crippen LogP contribution in [0.5, 0.6) is 0 Å². The standard InChI is InChI=1S/C15H31N.C2H4O2/c1-3-5-6-8-12-15(11-4-2)16-13-9-7-10-14-16;1-2(3)4/h15H,3-14H2,1-2H3;1H3,(H,3,4). The van der Waals surface area contributed by atoms with Crippen LogP contribution in [-0.2, 0) is 4.79 Å². The zero-order valence-electron chi connectivity index (χ0n) is 13.9. The molecular weight excluding hydrogens is 250 g/mol. The van der Waals surface area contributed by atoms with Crippen molar-refractivity contribution in [1.82, 2.24) is 4.90 Å². The highest BCUT2D eigenvalue weighted by Gasteiger charge is 2.19. The van der Waals surface area contributed by atoms with E-state index >= 15 is 0 Å². The molecule has 120 valence electrons. The summed E-state index contributed by atoms with van der Waals surface area (Å²) in [6, 6.07) is 0.905. The van der Waals surface area contributed by atoms with Crippen molar-refractivity contribution in [2.24, 2.45) is 0 Å². The zero-order chi connectivity index (χ0) is 15.2. The maximum atomic E-state index is 9.00. The molecule has 1 fully saturated rings. The number of nitrogens with zero attached hydrogens (tertiary/aromatic N) is 1. The largest absolute Gasteiger partial charge is 0.481 e. The van der Waals surface area contributed by atoms with E-state index in [1.165, 1.54) is 77.3 Å². The van der Waals surface area contributed by atoms with Crippen LogP contribution in [0, 0.1) is 0 Å². The predicted molar refractivity (Wildman–Crippen MR) is 86.2 cm³/mol. The van der Waals surface area contributed by atoms with E-state index in [-0.39, 0.29) is 0 Å². The van der Waals surface area contributed by atoms with Crippen molar-refractivity contribution in [3.63, 3.8) is 0 Å². The Morgan fingerprint density at radius 1 is 1.00 bits per heavy atom. The van der Waals surface area contributed by atoms with Crippen LogP contribution >= 0.6 is 0 Å². The summed E-state index contributed by atoms with van der Waals surface area (Å²) >= 11 is 0. The van der Waals surface area contributed by atoms with Crippen LogP contribution in [0.1, 0.15) is 85.0 Å². The highest BCUT2D eigenvalue weighted by Crippen LogP contribution is 2.20. The molecule has 1 unspecified atom stereocenters. The average molecular weight is 285 g/mol. The van der Waals surface area contributed by atoms with Gasteiger partial charge in [0.1, 0.15) is 0 Å². The lowest BCUT2D eigenvalue weighted by molar-refractivity contribution is -0.134. The zero-order valence-corrected chi connectivity index (χ0v) is 13.9. The van der Waals surface area contributed by atoms with Crippen molar-refractivity contribution in [3.8, 4) is 0 Å². The van der Waals surface area contributed by atoms with Crippen LogP contribution in [0.2, 0.25) is 0 Å². The fraction of sp³-hybridized carbons (Fsp3) is 0.941. The first-order valence-electron chi connectivity index (χ1n) is 8.55. The summed E-state index contributed by atoms with van der Waals surface area (Å²) in [5.74, 6) is -0.833. The van der Waals surface area contributed by atoms with Crippen molar-refractivity contribution in [1.29, 1.82) is 0 Å². The lowest BCUT2D eigenvalue weighted by Gasteiger charge is -2.34. The normalized spacial score (nSPS) is 17.1. The smallest absolute Gasteiger partial charge is 0.300 e. The monoisotopic (exact) mass is 285 g/mol. The minimum atomic E-state index is -0.833. The molecule has 0 spiro atoms. The maximum Gasteiger partial charge on any atom is 0.300 e. The number of unbranched alkanes of at least 4 members (excludes halogenated alkanes) is 3. The van der Waals surface area contributed by atoms with Gasteiger partial charge >= 0.3 is 0 Å². The Morgan fingerprint density at radius 2 is 1.60 bits per heavy atom. The van der Waals surface area contributed by atoms with Crippen molar-refractivity contribution >= 4 is 5.97 Å². The quantitative estimate of drug-likeness (QED) is 0.657. The highest BCUT2D eigenvalue weighted by molar-refractivity contribution is 5.62. The first-order valence-corrected chi connectivity index (χ1v) is 8.55. The number of rotatable bonds is 8. The first-order chi connectivity index (χ1) is 9.61. The van der Waals surface area contributed by atoms with E-state index in [1.807, 2.05) is 0 Å². The molecule has 20 heavy (non-hydrogen) atoms. The summed E-state index contributed by atoms with van der Waals surface area (Å²) in [6.45, 7) is 8.47. The summed E-state index contributed by atoms with van der Waals surface area (Å²) < 4.78 is 0. The van der Waals surface area contributed by atoms with Crippen LogP contribution in [0.25, 0.3) is 0 Å². The van der Waals surface area contributed by atoms with Gasteiger partial charge in [-0.1, -0.05) is 52.4 Å². The number of hydrogen-bond acceptors (Lipinski definition) is 2. The molecule has 1 aliphatic rings. The summed E-state index contributed by atoms with van der Waals surface area (Å²) in [6.07, 6.45) is 14.3. The van der Waals surface area contributed by atoms with Gasteiger partial charge in [0.25, 0.3) is 5.97 Å². The lowest BCUT2D eigenvalue weighted by atomic mass is 9.99. The van der Waals surface area contributed by atoms with Gasteiger partial charge < -0.3 is 10.0 Å². The molecule has 0 aromatic heterocycles. The van der Waals surface area contributed by atoms with E-state index in [9.17, 15) is 0 Å². The topological polar surface area (TPSA) is 40.5 Å². The van der Waals surface area contributed by atoms with Gasteiger partial charge in [-0.25, -0.2) is 0 Å². The van der Waals surface area contributed by atoms with Crippen LogP contribution in [0.4, 0.5) is 0 Å². The molecule has 1 rings (SSSR count). The second-order valence-electron chi connectivity index (χ2n) is 5.91. The van der Waals surface area contributed by atoms with Gasteiger partial charge in [0.2, 0.25) is 0 Å². The lowest BCUT2D eigenvalue weighted by Crippen LogP contribution is -2.39. The molecule has 1 atom stereocenters. The Hall–Kier alpha value is -0.570. The van der Waals surface area contributed by atoms with Gasteiger partial charge in [0.05, 0.1) is 0 Å². The molecule has 3 nitrogen and oxygen atoms in total. The molecule has 0 aromatic rings. The average Bonchev–Trinajstić information content (AvgIpc) is 2.43. The van der Waals surface area contributed by atoms with E-state index in [0.29, 0.717) is 0 Å². The van der Waals surface area contributed by atoms with Crippen LogP contribution in [-0.4, -0.2) is 35.1 Å². The van der Waals surface area contributed by atoms with Gasteiger partial charge in [-0.05, 0) is 38.8 Å². The molecule has 1 aliphatic heterocycles. The molecule has 0 amide bonds. The van der Waals surface area contributed by atoms with Crippen molar-refractivity contribution in [2.45, 2.75) is 91.0 Å². The van der Waals surface area contributed by atoms with E-state index in [0.717, 1.165) is 13.0 Å². The number of hydrogen-bond donors (Lipinski definition) is 1. The second-order valence-corrected chi connectivity index (χ2v) is 5.91. The molecule has 0 aromatic carbocycles. The molecule has 0 aliphatic carbocycles. The van der Waals surface area contributed by atoms with Gasteiger partial charge in [-0.3, -0.25) is 4.79 Å². The van der Waals surface area contributed by atoms with Crippen molar-refractivity contribution in [2.75, 3.05) is 13.1 Å². The third kappa shape index (κ3) is 11.3. The number of carbonyl (C=O) groups is 1. The number of carboxylic acid groups (broad SMARTS) is 1. The number of carboxylic acids is 1. The second kappa shape index (κ2) is 13.4. The molecule has 1 N–H and O–H groups in total. The summed E-state index contributed by atoms with van der Waals surface area (Å²) in [4.78, 5) is 11.8. The molecule has 1 heterocycles. The Labute approximate surface area is 125 Å². The maximum absolute atomic E-state index is 9.00. The van der Waals surface area contributed by atoms with Crippen LogP contribution < -0.4 is 0 Å². The minimum absolute atomic E-state index is 0.833. The Morgan fingerprint density at radius 3 is 2.10 bits per heavy atom. The Kier molecular flexibility index (Phi) is 13.0. The van der Waals surface area contributed by atoms with E-state index < -0.39 is 5.97 Å². The third-order valence-electron chi connectivity index (χ3n) is 3.92. The fourth-order valence-electron chi connectivity index (χ4n) is 2.93. The summed E-state index contributed by atoms with van der Waals surface area (Å²) in [5.41, 5.74) is 0. The van der Waals surface area contributed by atoms with E-state index in [4.69, 9.17) is 9.90 Å². The van der Waals surface area contributed by atoms with Crippen LogP contribution in [0.3, 0.4) is 0 Å². The molecule has 3 heteroatoms. The fourth-order valence-corrected chi connectivity index (χ4v) is 2.93. The molecular formula is C17H35NO2. The highest BCUT2D eigenvalue weighted by atomic mass is 16.4. The summed E-state index contributed by atoms with van der Waals surface area (Å²) in [7, 11) is 0. The van der Waals surface area contributed by atoms with Gasteiger partial charge in [0, 0.05) is 13.0 Å². The molecule has 0 bridgehead atoms. The minimum Gasteiger partial charge on any atom is -0.481 e. The van der Waals surface area contributed by atoms with E-state index in [1.54, 1.807) is 0 Å². The first kappa shape index (κ1) is 19.4. The predicted octanol–water partition coefficient (Wildman–Crippen LogP) is 4.70. The van der Waals surface area contributed by atoms with Gasteiger partial charge in [-0.2, -0.15) is 0 Å². The molecule has 0 radical (unpaired) electrons. The van der Waals surface area contributed by atoms with Crippen LogP contribution in [0.15, 0.2) is 0 Å². The number of likely N-dealkylation sites (tertiary alicyclic amines) is 1. The van der Waals surface area contributed by atoms with Gasteiger partial charge in [0.15, 0.2) is 0 Å². The number of piperidine rings is 1. The van der Waals surface area contributed by atoms with Gasteiger partial charge in [-0.15, -0.1) is 0 Å². The molecule has 1 saturated heterocycles.